The van der Waals surface area contributed by atoms with Crippen LogP contribution in [0.5, 0.6) is 0 Å². The predicted molar refractivity (Wildman–Crippen MR) is 110 cm³/mol. The van der Waals surface area contributed by atoms with E-state index in [-0.39, 0.29) is 16.3 Å². The lowest BCUT2D eigenvalue weighted by Crippen LogP contribution is -2.36. The Bertz CT molecular complexity index is 1230. The van der Waals surface area contributed by atoms with Crippen LogP contribution in [0.4, 0.5) is 0 Å². The Morgan fingerprint density at radius 2 is 1.62 bits per heavy atom. The molecule has 0 unspecified atom stereocenters. The second-order valence-corrected chi connectivity index (χ2v) is 11.0. The number of piperidine rings is 1. The zero-order valence-corrected chi connectivity index (χ0v) is 17.9. The van der Waals surface area contributed by atoms with Gasteiger partial charge in [-0.3, -0.25) is 0 Å². The van der Waals surface area contributed by atoms with Crippen molar-refractivity contribution in [1.29, 1.82) is 0 Å². The van der Waals surface area contributed by atoms with Crippen molar-refractivity contribution < 1.29 is 16.8 Å². The molecule has 11 heteroatoms. The van der Waals surface area contributed by atoms with Gasteiger partial charge in [0, 0.05) is 19.6 Å². The number of aromatic nitrogens is 2. The van der Waals surface area contributed by atoms with Gasteiger partial charge in [-0.15, -0.1) is 0 Å². The van der Waals surface area contributed by atoms with E-state index in [0.717, 1.165) is 31.0 Å². The molecule has 1 fully saturated rings. The number of benzene rings is 2. The molecule has 0 radical (unpaired) electrons. The molecule has 0 saturated carbocycles. The first kappa shape index (κ1) is 20.4. The highest BCUT2D eigenvalue weighted by molar-refractivity contribution is 7.90. The second kappa shape index (κ2) is 8.07. The van der Waals surface area contributed by atoms with Gasteiger partial charge in [-0.2, -0.15) is 13.1 Å². The predicted octanol–water partition coefficient (Wildman–Crippen LogP) is 2.34. The fourth-order valence-electron chi connectivity index (χ4n) is 3.39. The van der Waals surface area contributed by atoms with E-state index in [1.807, 2.05) is 0 Å². The summed E-state index contributed by atoms with van der Waals surface area (Å²) in [7, 11) is -7.57. The summed E-state index contributed by atoms with van der Waals surface area (Å²) in [5, 5.41) is 0. The molecule has 1 N–H and O–H groups in total. The quantitative estimate of drug-likeness (QED) is 0.615. The van der Waals surface area contributed by atoms with E-state index in [0.29, 0.717) is 29.7 Å². The highest BCUT2D eigenvalue weighted by Crippen LogP contribution is 2.25. The van der Waals surface area contributed by atoms with Crippen molar-refractivity contribution in [3.63, 3.8) is 0 Å². The van der Waals surface area contributed by atoms with Crippen LogP contribution in [-0.2, 0) is 26.6 Å². The Morgan fingerprint density at radius 1 is 0.897 bits per heavy atom. The van der Waals surface area contributed by atoms with Gasteiger partial charge in [0.25, 0.3) is 0 Å². The third-order valence-electron chi connectivity index (χ3n) is 4.90. The van der Waals surface area contributed by atoms with Gasteiger partial charge in [0.2, 0.25) is 20.0 Å². The fourth-order valence-corrected chi connectivity index (χ4v) is 6.90. The lowest BCUT2D eigenvalue weighted by atomic mass is 10.2. The van der Waals surface area contributed by atoms with Crippen LogP contribution in [-0.4, -0.2) is 43.0 Å². The first-order chi connectivity index (χ1) is 13.9. The van der Waals surface area contributed by atoms with Crippen LogP contribution >= 0.6 is 11.7 Å². The first-order valence-corrected chi connectivity index (χ1v) is 12.8. The van der Waals surface area contributed by atoms with Crippen molar-refractivity contribution in [2.75, 3.05) is 13.1 Å². The maximum absolute atomic E-state index is 13.1. The van der Waals surface area contributed by atoms with Gasteiger partial charge in [-0.25, -0.2) is 21.6 Å². The van der Waals surface area contributed by atoms with Gasteiger partial charge >= 0.3 is 0 Å². The molecule has 1 aromatic heterocycles. The lowest BCUT2D eigenvalue weighted by Gasteiger charge is -2.26. The molecule has 1 aliphatic rings. The summed E-state index contributed by atoms with van der Waals surface area (Å²) in [6.45, 7) is 0.835. The minimum atomic E-state index is -3.90. The van der Waals surface area contributed by atoms with Crippen molar-refractivity contribution in [1.82, 2.24) is 17.8 Å². The van der Waals surface area contributed by atoms with Crippen LogP contribution in [0, 0.1) is 0 Å². The van der Waals surface area contributed by atoms with E-state index in [2.05, 4.69) is 13.5 Å². The summed E-state index contributed by atoms with van der Waals surface area (Å²) in [4.78, 5) is 0.165. The van der Waals surface area contributed by atoms with Gasteiger partial charge < -0.3 is 0 Å². The van der Waals surface area contributed by atoms with E-state index in [9.17, 15) is 16.8 Å². The molecule has 0 bridgehead atoms. The second-order valence-electron chi connectivity index (χ2n) is 6.79. The topological polar surface area (TPSA) is 109 Å². The molecule has 2 heterocycles. The molecule has 1 aliphatic heterocycles. The Hall–Kier alpha value is -1.92. The summed E-state index contributed by atoms with van der Waals surface area (Å²) in [5.41, 5.74) is 1.22. The van der Waals surface area contributed by atoms with Crippen molar-refractivity contribution in [2.24, 2.45) is 0 Å². The zero-order valence-electron chi connectivity index (χ0n) is 15.5. The number of rotatable bonds is 6. The maximum atomic E-state index is 13.1. The van der Waals surface area contributed by atoms with Crippen LogP contribution in [0.3, 0.4) is 0 Å². The standard InChI is InChI=1S/C18H20N4O4S3/c23-28(24,17-10-6-8-15-18(17)21-27-20-15)19-13-14-7-2-3-9-16(14)29(25,26)22-11-4-1-5-12-22/h2-3,6-10,19H,1,4-5,11-13H2. The van der Waals surface area contributed by atoms with Crippen LogP contribution in [0.25, 0.3) is 11.0 Å². The van der Waals surface area contributed by atoms with E-state index in [1.165, 1.54) is 16.4 Å². The highest BCUT2D eigenvalue weighted by atomic mass is 32.2. The SMILES string of the molecule is O=S(=O)(NCc1ccccc1S(=O)(=O)N1CCCCC1)c1cccc2nsnc12. The van der Waals surface area contributed by atoms with E-state index in [4.69, 9.17) is 0 Å². The average molecular weight is 453 g/mol. The number of fused-ring (bicyclic) bond motifs is 1. The van der Waals surface area contributed by atoms with Crippen molar-refractivity contribution in [2.45, 2.75) is 35.6 Å². The highest BCUT2D eigenvalue weighted by Gasteiger charge is 2.28. The minimum Gasteiger partial charge on any atom is -0.207 e. The summed E-state index contributed by atoms with van der Waals surface area (Å²) in [6.07, 6.45) is 2.68. The molecule has 8 nitrogen and oxygen atoms in total. The zero-order chi connectivity index (χ0) is 20.5. The normalized spacial score (nSPS) is 16.3. The fraction of sp³-hybridized carbons (Fsp3) is 0.333. The summed E-state index contributed by atoms with van der Waals surface area (Å²) in [5.74, 6) is 0. The molecule has 154 valence electrons. The van der Waals surface area contributed by atoms with Gasteiger partial charge in [-0.05, 0) is 36.6 Å². The largest absolute Gasteiger partial charge is 0.243 e. The van der Waals surface area contributed by atoms with E-state index < -0.39 is 20.0 Å². The van der Waals surface area contributed by atoms with Gasteiger partial charge in [-0.1, -0.05) is 30.7 Å². The average Bonchev–Trinajstić information content (AvgIpc) is 3.22. The van der Waals surface area contributed by atoms with Gasteiger partial charge in [0.05, 0.1) is 16.6 Å². The van der Waals surface area contributed by atoms with E-state index >= 15 is 0 Å². The van der Waals surface area contributed by atoms with Gasteiger partial charge in [0.1, 0.15) is 15.9 Å². The first-order valence-electron chi connectivity index (χ1n) is 9.18. The molecule has 0 spiro atoms. The number of hydrogen-bond acceptors (Lipinski definition) is 7. The van der Waals surface area contributed by atoms with Crippen molar-refractivity contribution >= 4 is 42.8 Å². The minimum absolute atomic E-state index is 0.0279. The van der Waals surface area contributed by atoms with Crippen LogP contribution < -0.4 is 4.72 Å². The summed E-state index contributed by atoms with van der Waals surface area (Å²) < 4.78 is 64.0. The summed E-state index contributed by atoms with van der Waals surface area (Å²) >= 11 is 0.942. The van der Waals surface area contributed by atoms with Crippen LogP contribution in [0.15, 0.2) is 52.3 Å². The third kappa shape index (κ3) is 4.05. The molecular weight excluding hydrogens is 432 g/mol. The molecule has 3 aromatic rings. The molecule has 0 aliphatic carbocycles. The third-order valence-corrected chi connectivity index (χ3v) is 8.87. The maximum Gasteiger partial charge on any atom is 0.243 e. The number of hydrogen-bond donors (Lipinski definition) is 1. The Kier molecular flexibility index (Phi) is 5.67. The molecular formula is C18H20N4O4S3. The van der Waals surface area contributed by atoms with Crippen LogP contribution in [0.1, 0.15) is 24.8 Å². The number of nitrogens with one attached hydrogen (secondary N) is 1. The monoisotopic (exact) mass is 452 g/mol. The molecule has 0 atom stereocenters. The summed E-state index contributed by atoms with van der Waals surface area (Å²) in [6, 6.07) is 11.3. The number of sulfonamides is 2. The molecule has 29 heavy (non-hydrogen) atoms. The smallest absolute Gasteiger partial charge is 0.207 e. The number of nitrogens with zero attached hydrogens (tertiary/aromatic N) is 3. The van der Waals surface area contributed by atoms with Gasteiger partial charge in [0.15, 0.2) is 0 Å². The molecule has 4 rings (SSSR count). The van der Waals surface area contributed by atoms with E-state index in [1.54, 1.807) is 30.3 Å². The van der Waals surface area contributed by atoms with Crippen molar-refractivity contribution in [3.05, 3.63) is 48.0 Å². The van der Waals surface area contributed by atoms with Crippen molar-refractivity contribution in [3.8, 4) is 0 Å². The molecule has 1 saturated heterocycles. The molecule has 2 aromatic carbocycles. The Morgan fingerprint density at radius 3 is 2.41 bits per heavy atom. The lowest BCUT2D eigenvalue weighted by molar-refractivity contribution is 0.346. The van der Waals surface area contributed by atoms with Crippen LogP contribution in [0.2, 0.25) is 0 Å². The Balaban J connectivity index is 1.62. The Labute approximate surface area is 174 Å². The molecule has 0 amide bonds.